The number of thiazole rings is 2. The second-order valence-corrected chi connectivity index (χ2v) is 7.68. The van der Waals surface area contributed by atoms with E-state index in [9.17, 15) is 13.2 Å². The Morgan fingerprint density at radius 2 is 2.20 bits per heavy atom. The van der Waals surface area contributed by atoms with Crippen LogP contribution in [0.1, 0.15) is 21.2 Å². The lowest BCUT2D eigenvalue weighted by Gasteiger charge is -2.04. The molecule has 0 aliphatic rings. The highest BCUT2D eigenvalue weighted by Gasteiger charge is 2.25. The van der Waals surface area contributed by atoms with E-state index < -0.39 is 21.7 Å². The third-order valence-electron chi connectivity index (χ3n) is 2.32. The first-order chi connectivity index (χ1) is 9.40. The van der Waals surface area contributed by atoms with Crippen LogP contribution in [-0.4, -0.2) is 36.0 Å². The van der Waals surface area contributed by atoms with Gasteiger partial charge in [-0.3, -0.25) is 0 Å². The summed E-state index contributed by atoms with van der Waals surface area (Å²) in [7, 11) is -3.86. The first-order valence-corrected chi connectivity index (χ1v) is 8.72. The maximum atomic E-state index is 12.0. The van der Waals surface area contributed by atoms with Crippen molar-refractivity contribution in [2.75, 3.05) is 6.54 Å². The SMILES string of the molecule is Cc1nc(CCNS(=O)(=O)c2scnc2C(=O)O)cs1. The molecule has 0 spiro atoms. The minimum Gasteiger partial charge on any atom is -0.476 e. The summed E-state index contributed by atoms with van der Waals surface area (Å²) >= 11 is 2.27. The van der Waals surface area contributed by atoms with Crippen molar-refractivity contribution in [2.45, 2.75) is 17.6 Å². The van der Waals surface area contributed by atoms with Crippen LogP contribution in [0.5, 0.6) is 0 Å². The number of carboxylic acids is 1. The minimum absolute atomic E-state index is 0.155. The van der Waals surface area contributed by atoms with E-state index in [2.05, 4.69) is 14.7 Å². The molecule has 10 heteroatoms. The summed E-state index contributed by atoms with van der Waals surface area (Å²) in [4.78, 5) is 18.6. The number of rotatable bonds is 6. The summed E-state index contributed by atoms with van der Waals surface area (Å²) < 4.78 is 26.1. The molecular formula is C10H11N3O4S3. The quantitative estimate of drug-likeness (QED) is 0.820. The van der Waals surface area contributed by atoms with Crippen molar-refractivity contribution in [3.63, 3.8) is 0 Å². The van der Waals surface area contributed by atoms with E-state index in [1.807, 2.05) is 12.3 Å². The van der Waals surface area contributed by atoms with Gasteiger partial charge in [0, 0.05) is 18.3 Å². The Balaban J connectivity index is 2.04. The summed E-state index contributed by atoms with van der Waals surface area (Å²) in [6, 6.07) is 0. The smallest absolute Gasteiger partial charge is 0.356 e. The summed E-state index contributed by atoms with van der Waals surface area (Å²) in [5, 5.41) is 11.6. The number of sulfonamides is 1. The predicted octanol–water partition coefficient (Wildman–Crippen LogP) is 1.13. The van der Waals surface area contributed by atoms with Gasteiger partial charge in [0.15, 0.2) is 9.90 Å². The van der Waals surface area contributed by atoms with Gasteiger partial charge < -0.3 is 5.11 Å². The maximum absolute atomic E-state index is 12.0. The largest absolute Gasteiger partial charge is 0.476 e. The van der Waals surface area contributed by atoms with E-state index >= 15 is 0 Å². The van der Waals surface area contributed by atoms with Crippen LogP contribution in [0.3, 0.4) is 0 Å². The van der Waals surface area contributed by atoms with Crippen molar-refractivity contribution >= 4 is 38.7 Å². The Hall–Kier alpha value is -1.36. The van der Waals surface area contributed by atoms with Crippen molar-refractivity contribution in [3.8, 4) is 0 Å². The second kappa shape index (κ2) is 5.95. The monoisotopic (exact) mass is 333 g/mol. The molecule has 2 aromatic rings. The van der Waals surface area contributed by atoms with Gasteiger partial charge in [-0.25, -0.2) is 27.9 Å². The number of hydrogen-bond donors (Lipinski definition) is 2. The van der Waals surface area contributed by atoms with E-state index in [-0.39, 0.29) is 10.8 Å². The number of aryl methyl sites for hydroxylation is 1. The summed E-state index contributed by atoms with van der Waals surface area (Å²) in [6.07, 6.45) is 0.449. The fourth-order valence-corrected chi connectivity index (χ4v) is 4.33. The van der Waals surface area contributed by atoms with Gasteiger partial charge in [0.2, 0.25) is 0 Å². The maximum Gasteiger partial charge on any atom is 0.356 e. The fraction of sp³-hybridized carbons (Fsp3) is 0.300. The molecular weight excluding hydrogens is 322 g/mol. The molecule has 0 fully saturated rings. The summed E-state index contributed by atoms with van der Waals surface area (Å²) in [5.41, 5.74) is 1.55. The van der Waals surface area contributed by atoms with E-state index in [1.54, 1.807) is 0 Å². The molecule has 0 saturated carbocycles. The lowest BCUT2D eigenvalue weighted by molar-refractivity contribution is 0.0687. The molecule has 0 unspecified atom stereocenters. The van der Waals surface area contributed by atoms with Gasteiger partial charge in [-0.15, -0.1) is 22.7 Å². The van der Waals surface area contributed by atoms with Crippen LogP contribution < -0.4 is 4.72 Å². The normalized spacial score (nSPS) is 11.7. The number of aromatic carboxylic acids is 1. The van der Waals surface area contributed by atoms with Crippen molar-refractivity contribution < 1.29 is 18.3 Å². The van der Waals surface area contributed by atoms with Crippen LogP contribution in [0.2, 0.25) is 0 Å². The molecule has 0 aliphatic carbocycles. The Bertz CT molecular complexity index is 720. The van der Waals surface area contributed by atoms with Crippen LogP contribution in [0.15, 0.2) is 15.1 Å². The third-order valence-corrected chi connectivity index (χ3v) is 5.97. The van der Waals surface area contributed by atoms with Gasteiger partial charge in [0.1, 0.15) is 0 Å². The molecule has 2 aromatic heterocycles. The molecule has 0 aromatic carbocycles. The van der Waals surface area contributed by atoms with Crippen molar-refractivity contribution in [2.24, 2.45) is 0 Å². The predicted molar refractivity (Wildman–Crippen MR) is 74.8 cm³/mol. The van der Waals surface area contributed by atoms with E-state index in [4.69, 9.17) is 5.11 Å². The number of carbonyl (C=O) groups is 1. The average molecular weight is 333 g/mol. The lowest BCUT2D eigenvalue weighted by atomic mass is 10.3. The Morgan fingerprint density at radius 3 is 2.80 bits per heavy atom. The molecule has 2 heterocycles. The van der Waals surface area contributed by atoms with Crippen molar-refractivity contribution in [1.82, 2.24) is 14.7 Å². The van der Waals surface area contributed by atoms with Crippen LogP contribution in [0.4, 0.5) is 0 Å². The standard InChI is InChI=1S/C10H11N3O4S3/c1-6-13-7(4-18-6)2-3-12-20(16,17)10-8(9(14)15)11-5-19-10/h4-5,12H,2-3H2,1H3,(H,14,15). The zero-order chi connectivity index (χ0) is 14.8. The van der Waals surface area contributed by atoms with Gasteiger partial charge in [0.05, 0.1) is 16.2 Å². The molecule has 0 amide bonds. The zero-order valence-corrected chi connectivity index (χ0v) is 12.8. The fourth-order valence-electron chi connectivity index (χ4n) is 1.47. The van der Waals surface area contributed by atoms with E-state index in [0.29, 0.717) is 6.42 Å². The summed E-state index contributed by atoms with van der Waals surface area (Å²) in [6.45, 7) is 2.03. The van der Waals surface area contributed by atoms with Crippen LogP contribution in [0, 0.1) is 6.92 Å². The van der Waals surface area contributed by atoms with Gasteiger partial charge in [-0.2, -0.15) is 0 Å². The highest BCUT2D eigenvalue weighted by Crippen LogP contribution is 2.19. The molecule has 0 atom stereocenters. The average Bonchev–Trinajstić information content (AvgIpc) is 2.97. The van der Waals surface area contributed by atoms with Crippen LogP contribution >= 0.6 is 22.7 Å². The molecule has 0 bridgehead atoms. The second-order valence-electron chi connectivity index (χ2n) is 3.80. The lowest BCUT2D eigenvalue weighted by Crippen LogP contribution is -2.26. The molecule has 20 heavy (non-hydrogen) atoms. The first kappa shape index (κ1) is 15.0. The van der Waals surface area contributed by atoms with Gasteiger partial charge >= 0.3 is 5.97 Å². The first-order valence-electron chi connectivity index (χ1n) is 5.47. The molecule has 0 radical (unpaired) electrons. The van der Waals surface area contributed by atoms with Crippen LogP contribution in [-0.2, 0) is 16.4 Å². The van der Waals surface area contributed by atoms with Crippen molar-refractivity contribution in [3.05, 3.63) is 27.3 Å². The molecule has 108 valence electrons. The van der Waals surface area contributed by atoms with Gasteiger partial charge in [0.25, 0.3) is 10.0 Å². The number of nitrogens with one attached hydrogen (secondary N) is 1. The Kier molecular flexibility index (Phi) is 4.48. The minimum atomic E-state index is -3.86. The molecule has 2 rings (SSSR count). The Labute approximate surface area is 123 Å². The highest BCUT2D eigenvalue weighted by molar-refractivity contribution is 7.91. The van der Waals surface area contributed by atoms with E-state index in [1.165, 1.54) is 16.8 Å². The topological polar surface area (TPSA) is 109 Å². The zero-order valence-electron chi connectivity index (χ0n) is 10.4. The van der Waals surface area contributed by atoms with Gasteiger partial charge in [-0.1, -0.05) is 0 Å². The molecule has 2 N–H and O–H groups in total. The molecule has 0 saturated heterocycles. The molecule has 0 aliphatic heterocycles. The van der Waals surface area contributed by atoms with E-state index in [0.717, 1.165) is 22.0 Å². The number of hydrogen-bond acceptors (Lipinski definition) is 7. The third kappa shape index (κ3) is 3.39. The van der Waals surface area contributed by atoms with Crippen molar-refractivity contribution in [1.29, 1.82) is 0 Å². The number of aromatic nitrogens is 2. The van der Waals surface area contributed by atoms with Crippen LogP contribution in [0.25, 0.3) is 0 Å². The summed E-state index contributed by atoms with van der Waals surface area (Å²) in [5.74, 6) is -1.36. The number of carboxylic acid groups (broad SMARTS) is 1. The Morgan fingerprint density at radius 1 is 1.45 bits per heavy atom. The highest BCUT2D eigenvalue weighted by atomic mass is 32.2. The van der Waals surface area contributed by atoms with Gasteiger partial charge in [-0.05, 0) is 6.92 Å². The molecule has 7 nitrogen and oxygen atoms in total. The number of nitrogens with zero attached hydrogens (tertiary/aromatic N) is 2.